The molecule has 4 heteroatoms. The lowest BCUT2D eigenvalue weighted by atomic mass is 9.59. The highest BCUT2D eigenvalue weighted by Gasteiger charge is 2.51. The van der Waals surface area contributed by atoms with Crippen molar-refractivity contribution in [3.8, 4) is 0 Å². The van der Waals surface area contributed by atoms with Crippen molar-refractivity contribution < 1.29 is 9.53 Å². The summed E-state index contributed by atoms with van der Waals surface area (Å²) in [5, 5.41) is 3.43. The number of aromatic nitrogens is 1. The number of esters is 1. The second kappa shape index (κ2) is 6.56. The molecule has 25 heavy (non-hydrogen) atoms. The van der Waals surface area contributed by atoms with Crippen molar-refractivity contribution in [1.82, 2.24) is 10.3 Å². The van der Waals surface area contributed by atoms with Crippen molar-refractivity contribution in [2.24, 2.45) is 23.2 Å². The molecule has 1 aromatic rings. The highest BCUT2D eigenvalue weighted by Crippen LogP contribution is 2.53. The zero-order valence-electron chi connectivity index (χ0n) is 15.2. The summed E-state index contributed by atoms with van der Waals surface area (Å²) in [7, 11) is 0. The molecule has 0 radical (unpaired) electrons. The fraction of sp³-hybridized carbons (Fsp3) is 0.619. The van der Waals surface area contributed by atoms with Crippen molar-refractivity contribution in [1.29, 1.82) is 0 Å². The highest BCUT2D eigenvalue weighted by molar-refractivity contribution is 5.76. The Morgan fingerprint density at radius 3 is 3.12 bits per heavy atom. The van der Waals surface area contributed by atoms with Gasteiger partial charge in [0.2, 0.25) is 0 Å². The minimum atomic E-state index is -0.0622. The second-order valence-corrected chi connectivity index (χ2v) is 8.33. The first-order chi connectivity index (χ1) is 12.1. The summed E-state index contributed by atoms with van der Waals surface area (Å²) in [4.78, 5) is 16.6. The van der Waals surface area contributed by atoms with Crippen LogP contribution in [0.5, 0.6) is 0 Å². The van der Waals surface area contributed by atoms with Crippen molar-refractivity contribution in [2.75, 3.05) is 6.54 Å². The van der Waals surface area contributed by atoms with E-state index in [1.807, 2.05) is 18.3 Å². The van der Waals surface area contributed by atoms with Crippen LogP contribution in [0.4, 0.5) is 0 Å². The van der Waals surface area contributed by atoms with Crippen LogP contribution in [0.15, 0.2) is 36.2 Å². The summed E-state index contributed by atoms with van der Waals surface area (Å²) in [6, 6.07) is 3.99. The molecule has 3 aliphatic rings. The number of ether oxygens (including phenoxy) is 1. The number of carbonyl (C=O) groups is 1. The monoisotopic (exact) mass is 340 g/mol. The summed E-state index contributed by atoms with van der Waals surface area (Å²) < 4.78 is 5.79. The van der Waals surface area contributed by atoms with Crippen LogP contribution in [-0.4, -0.2) is 23.6 Å². The molecular weight excluding hydrogens is 312 g/mol. The zero-order valence-corrected chi connectivity index (χ0v) is 15.2. The van der Waals surface area contributed by atoms with E-state index in [-0.39, 0.29) is 29.3 Å². The number of hydrogen-bond donors (Lipinski definition) is 1. The number of pyridine rings is 1. The fourth-order valence-corrected chi connectivity index (χ4v) is 5.16. The quantitative estimate of drug-likeness (QED) is 0.673. The van der Waals surface area contributed by atoms with Crippen molar-refractivity contribution >= 4 is 5.97 Å². The van der Waals surface area contributed by atoms with Gasteiger partial charge >= 0.3 is 5.97 Å². The molecule has 2 fully saturated rings. The molecule has 134 valence electrons. The predicted molar refractivity (Wildman–Crippen MR) is 96.6 cm³/mol. The lowest BCUT2D eigenvalue weighted by Gasteiger charge is -2.46. The Balaban J connectivity index is 1.47. The van der Waals surface area contributed by atoms with E-state index >= 15 is 0 Å². The van der Waals surface area contributed by atoms with E-state index in [4.69, 9.17) is 4.74 Å². The van der Waals surface area contributed by atoms with E-state index in [2.05, 4.69) is 30.2 Å². The van der Waals surface area contributed by atoms with Crippen molar-refractivity contribution in [3.05, 3.63) is 41.7 Å². The van der Waals surface area contributed by atoms with Crippen molar-refractivity contribution in [2.45, 2.75) is 52.2 Å². The molecule has 2 aliphatic carbocycles. The van der Waals surface area contributed by atoms with Gasteiger partial charge in [-0.15, -0.1) is 0 Å². The number of allylic oxidation sites excluding steroid dienone is 1. The standard InChI is InChI=1S/C21H28N2O2/c1-14-5-3-7-21(2)10-19-16(9-18(14)21)17(20(24)25-19)13-23-12-15-6-4-8-22-11-15/h4,6,8-9,11,14,16-17,19,23H,3,5,7,10,12-13H2,1-2H3/t14-,16+,17+,19+,21+/m0/s1. The number of fused-ring (bicyclic) bond motifs is 2. The average molecular weight is 340 g/mol. The van der Waals surface area contributed by atoms with Crippen LogP contribution in [0, 0.1) is 23.2 Å². The number of hydrogen-bond acceptors (Lipinski definition) is 4. The van der Waals surface area contributed by atoms with Gasteiger partial charge in [0, 0.05) is 31.4 Å². The second-order valence-electron chi connectivity index (χ2n) is 8.33. The molecule has 0 amide bonds. The lowest BCUT2D eigenvalue weighted by Crippen LogP contribution is -2.40. The lowest BCUT2D eigenvalue weighted by molar-refractivity contribution is -0.145. The number of nitrogens with one attached hydrogen (secondary N) is 1. The molecule has 4 nitrogen and oxygen atoms in total. The Morgan fingerprint density at radius 2 is 2.32 bits per heavy atom. The van der Waals surface area contributed by atoms with Crippen LogP contribution in [0.1, 0.15) is 45.1 Å². The van der Waals surface area contributed by atoms with E-state index < -0.39 is 0 Å². The van der Waals surface area contributed by atoms with Gasteiger partial charge in [-0.25, -0.2) is 0 Å². The summed E-state index contributed by atoms with van der Waals surface area (Å²) >= 11 is 0. The number of nitrogens with zero attached hydrogens (tertiary/aromatic N) is 1. The molecule has 1 aromatic heterocycles. The minimum Gasteiger partial charge on any atom is -0.461 e. The minimum absolute atomic E-state index is 0.0274. The summed E-state index contributed by atoms with van der Waals surface area (Å²) in [5.41, 5.74) is 2.95. The predicted octanol–water partition coefficient (Wildman–Crippen LogP) is 3.49. The first kappa shape index (κ1) is 16.8. The smallest absolute Gasteiger partial charge is 0.311 e. The van der Waals surface area contributed by atoms with Crippen LogP contribution in [-0.2, 0) is 16.1 Å². The van der Waals surface area contributed by atoms with Crippen LogP contribution in [0.3, 0.4) is 0 Å². The molecule has 1 saturated carbocycles. The molecule has 0 spiro atoms. The molecule has 0 unspecified atom stereocenters. The van der Waals surface area contributed by atoms with Gasteiger partial charge in [-0.2, -0.15) is 0 Å². The van der Waals surface area contributed by atoms with Gasteiger partial charge in [0.05, 0.1) is 5.92 Å². The maximum absolute atomic E-state index is 12.5. The van der Waals surface area contributed by atoms with Gasteiger partial charge in [0.1, 0.15) is 6.10 Å². The van der Waals surface area contributed by atoms with Gasteiger partial charge in [0.15, 0.2) is 0 Å². The van der Waals surface area contributed by atoms with Gasteiger partial charge < -0.3 is 10.1 Å². The van der Waals surface area contributed by atoms with Crippen LogP contribution in [0.25, 0.3) is 0 Å². The van der Waals surface area contributed by atoms with Gasteiger partial charge in [-0.1, -0.05) is 38.0 Å². The van der Waals surface area contributed by atoms with Gasteiger partial charge in [-0.05, 0) is 42.2 Å². The average Bonchev–Trinajstić information content (AvgIpc) is 2.88. The maximum atomic E-state index is 12.5. The third kappa shape index (κ3) is 3.12. The van der Waals surface area contributed by atoms with E-state index in [9.17, 15) is 4.79 Å². The molecule has 1 saturated heterocycles. The Hall–Kier alpha value is -1.68. The first-order valence-corrected chi connectivity index (χ1v) is 9.59. The normalized spacial score (nSPS) is 37.0. The van der Waals surface area contributed by atoms with Crippen molar-refractivity contribution in [3.63, 3.8) is 0 Å². The Labute approximate surface area is 150 Å². The maximum Gasteiger partial charge on any atom is 0.311 e. The topological polar surface area (TPSA) is 51.2 Å². The fourth-order valence-electron chi connectivity index (χ4n) is 5.16. The SMILES string of the molecule is C[C@H]1CCC[C@]2(C)C[C@H]3OC(=O)[C@H](CNCc4cccnc4)[C@H]3C=C12. The molecule has 5 atom stereocenters. The Kier molecular flexibility index (Phi) is 4.40. The molecule has 2 heterocycles. The summed E-state index contributed by atoms with van der Waals surface area (Å²) in [6.45, 7) is 6.12. The number of rotatable bonds is 4. The van der Waals surface area contributed by atoms with E-state index in [0.717, 1.165) is 18.5 Å². The molecule has 1 N–H and O–H groups in total. The Morgan fingerprint density at radius 1 is 1.44 bits per heavy atom. The van der Waals surface area contributed by atoms with E-state index in [1.54, 1.807) is 11.8 Å². The third-order valence-corrected chi connectivity index (χ3v) is 6.50. The van der Waals surface area contributed by atoms with Gasteiger partial charge in [0.25, 0.3) is 0 Å². The molecule has 1 aliphatic heterocycles. The summed E-state index contributed by atoms with van der Waals surface area (Å²) in [6.07, 6.45) is 10.9. The third-order valence-electron chi connectivity index (χ3n) is 6.50. The molecular formula is C21H28N2O2. The van der Waals surface area contributed by atoms with Crippen LogP contribution in [0.2, 0.25) is 0 Å². The molecule has 0 bridgehead atoms. The van der Waals surface area contributed by atoms with Crippen LogP contribution >= 0.6 is 0 Å². The van der Waals surface area contributed by atoms with Gasteiger partial charge in [-0.3, -0.25) is 9.78 Å². The first-order valence-electron chi connectivity index (χ1n) is 9.59. The summed E-state index contributed by atoms with van der Waals surface area (Å²) in [5.74, 6) is 0.783. The van der Waals surface area contributed by atoms with E-state index in [0.29, 0.717) is 12.5 Å². The Bertz CT molecular complexity index is 672. The number of carbonyl (C=O) groups excluding carboxylic acids is 1. The largest absolute Gasteiger partial charge is 0.461 e. The molecule has 0 aromatic carbocycles. The van der Waals surface area contributed by atoms with E-state index in [1.165, 1.54) is 19.3 Å². The highest BCUT2D eigenvalue weighted by atomic mass is 16.6. The molecule has 4 rings (SSSR count). The zero-order chi connectivity index (χ0) is 17.4. The van der Waals surface area contributed by atoms with Crippen LogP contribution < -0.4 is 5.32 Å².